The van der Waals surface area contributed by atoms with Crippen molar-refractivity contribution < 1.29 is 0 Å². The number of hydrogen-bond acceptors (Lipinski definition) is 3. The summed E-state index contributed by atoms with van der Waals surface area (Å²) >= 11 is 5.97. The predicted molar refractivity (Wildman–Crippen MR) is 72.8 cm³/mol. The van der Waals surface area contributed by atoms with Crippen LogP contribution in [0.5, 0.6) is 0 Å². The molecule has 0 atom stereocenters. The monoisotopic (exact) mass is 264 g/mol. The van der Waals surface area contributed by atoms with Gasteiger partial charge in [0.1, 0.15) is 11.3 Å². The van der Waals surface area contributed by atoms with E-state index in [1.807, 2.05) is 6.07 Å². The third kappa shape index (κ3) is 2.22. The SMILES string of the molecule is NCCCCn1c(C2CC2)nc2cc(Cl)cnc21. The first-order chi connectivity index (χ1) is 8.79. The number of rotatable bonds is 5. The molecule has 1 saturated carbocycles. The van der Waals surface area contributed by atoms with E-state index >= 15 is 0 Å². The normalized spacial score (nSPS) is 15.4. The molecule has 4 nitrogen and oxygen atoms in total. The van der Waals surface area contributed by atoms with Crippen molar-refractivity contribution >= 4 is 22.8 Å². The van der Waals surface area contributed by atoms with Crippen LogP contribution in [0.1, 0.15) is 37.4 Å². The van der Waals surface area contributed by atoms with E-state index in [4.69, 9.17) is 22.3 Å². The number of unbranched alkanes of at least 4 members (excludes halogenated alkanes) is 1. The number of nitrogens with zero attached hydrogens (tertiary/aromatic N) is 3. The molecule has 2 aromatic rings. The lowest BCUT2D eigenvalue weighted by molar-refractivity contribution is 0.600. The Labute approximate surface area is 111 Å². The maximum Gasteiger partial charge on any atom is 0.160 e. The van der Waals surface area contributed by atoms with Gasteiger partial charge in [0.15, 0.2) is 5.65 Å². The van der Waals surface area contributed by atoms with Gasteiger partial charge in [-0.15, -0.1) is 0 Å². The van der Waals surface area contributed by atoms with E-state index in [0.29, 0.717) is 10.9 Å². The highest BCUT2D eigenvalue weighted by Gasteiger charge is 2.29. The molecule has 0 saturated heterocycles. The second-order valence-corrected chi connectivity index (χ2v) is 5.32. The Morgan fingerprint density at radius 2 is 2.22 bits per heavy atom. The zero-order chi connectivity index (χ0) is 12.5. The highest BCUT2D eigenvalue weighted by Crippen LogP contribution is 2.40. The number of hydrogen-bond donors (Lipinski definition) is 1. The lowest BCUT2D eigenvalue weighted by atomic mass is 10.3. The van der Waals surface area contributed by atoms with Crippen LogP contribution in [0, 0.1) is 0 Å². The fourth-order valence-corrected chi connectivity index (χ4v) is 2.44. The molecule has 18 heavy (non-hydrogen) atoms. The quantitative estimate of drug-likeness (QED) is 0.845. The number of pyridine rings is 1. The van der Waals surface area contributed by atoms with Crippen LogP contribution in [-0.2, 0) is 6.54 Å². The van der Waals surface area contributed by atoms with Gasteiger partial charge in [-0.05, 0) is 38.3 Å². The van der Waals surface area contributed by atoms with Crippen LogP contribution in [0.4, 0.5) is 0 Å². The van der Waals surface area contributed by atoms with E-state index in [0.717, 1.165) is 37.1 Å². The first kappa shape index (κ1) is 11.9. The Kier molecular flexibility index (Phi) is 3.22. The van der Waals surface area contributed by atoms with Crippen molar-refractivity contribution in [2.45, 2.75) is 38.1 Å². The maximum atomic E-state index is 5.97. The summed E-state index contributed by atoms with van der Waals surface area (Å²) in [6.45, 7) is 1.69. The van der Waals surface area contributed by atoms with Crippen LogP contribution in [0.15, 0.2) is 12.3 Å². The molecule has 0 unspecified atom stereocenters. The summed E-state index contributed by atoms with van der Waals surface area (Å²) in [4.78, 5) is 9.13. The molecule has 3 rings (SSSR count). The fraction of sp³-hybridized carbons (Fsp3) is 0.538. The van der Waals surface area contributed by atoms with Crippen LogP contribution in [0.2, 0.25) is 5.02 Å². The molecule has 2 aromatic heterocycles. The Morgan fingerprint density at radius 1 is 1.39 bits per heavy atom. The highest BCUT2D eigenvalue weighted by atomic mass is 35.5. The van der Waals surface area contributed by atoms with Gasteiger partial charge in [-0.25, -0.2) is 9.97 Å². The smallest absolute Gasteiger partial charge is 0.160 e. The van der Waals surface area contributed by atoms with E-state index < -0.39 is 0 Å². The van der Waals surface area contributed by atoms with Crippen molar-refractivity contribution in [1.82, 2.24) is 14.5 Å². The van der Waals surface area contributed by atoms with Gasteiger partial charge >= 0.3 is 0 Å². The van der Waals surface area contributed by atoms with Crippen LogP contribution >= 0.6 is 11.6 Å². The average molecular weight is 265 g/mol. The molecule has 0 aliphatic heterocycles. The Morgan fingerprint density at radius 3 is 2.94 bits per heavy atom. The Hall–Kier alpha value is -1.13. The topological polar surface area (TPSA) is 56.7 Å². The van der Waals surface area contributed by atoms with E-state index in [-0.39, 0.29) is 0 Å². The third-order valence-electron chi connectivity index (χ3n) is 3.36. The summed E-state index contributed by atoms with van der Waals surface area (Å²) in [6.07, 6.45) is 6.30. The predicted octanol–water partition coefficient (Wildman–Crippen LogP) is 2.70. The summed E-state index contributed by atoms with van der Waals surface area (Å²) in [5.41, 5.74) is 7.42. The first-order valence-corrected chi connectivity index (χ1v) is 6.89. The van der Waals surface area contributed by atoms with Crippen molar-refractivity contribution in [3.63, 3.8) is 0 Å². The van der Waals surface area contributed by atoms with E-state index in [1.165, 1.54) is 18.7 Å². The molecule has 2 N–H and O–H groups in total. The number of fused-ring (bicyclic) bond motifs is 1. The van der Waals surface area contributed by atoms with Crippen molar-refractivity contribution in [3.8, 4) is 0 Å². The van der Waals surface area contributed by atoms with Gasteiger partial charge in [-0.1, -0.05) is 11.6 Å². The molecular weight excluding hydrogens is 248 g/mol. The van der Waals surface area contributed by atoms with Gasteiger partial charge in [0, 0.05) is 18.7 Å². The summed E-state index contributed by atoms with van der Waals surface area (Å²) in [7, 11) is 0. The lowest BCUT2D eigenvalue weighted by Crippen LogP contribution is -2.06. The summed E-state index contributed by atoms with van der Waals surface area (Å²) < 4.78 is 2.25. The standard InChI is InChI=1S/C13H17ClN4/c14-10-7-11-13(16-8-10)18(6-2-1-5-15)12(17-11)9-3-4-9/h7-9H,1-6,15H2. The van der Waals surface area contributed by atoms with Gasteiger partial charge in [0.25, 0.3) is 0 Å². The number of halogens is 1. The van der Waals surface area contributed by atoms with Crippen molar-refractivity contribution in [1.29, 1.82) is 0 Å². The lowest BCUT2D eigenvalue weighted by Gasteiger charge is -2.07. The molecule has 0 aromatic carbocycles. The Balaban J connectivity index is 1.99. The molecule has 1 fully saturated rings. The molecule has 0 radical (unpaired) electrons. The van der Waals surface area contributed by atoms with Crippen LogP contribution in [0.25, 0.3) is 11.2 Å². The van der Waals surface area contributed by atoms with Gasteiger partial charge < -0.3 is 10.3 Å². The summed E-state index contributed by atoms with van der Waals surface area (Å²) in [5, 5.41) is 0.649. The Bertz CT molecular complexity index is 559. The van der Waals surface area contributed by atoms with Crippen molar-refractivity contribution in [2.24, 2.45) is 5.73 Å². The fourth-order valence-electron chi connectivity index (χ4n) is 2.29. The molecule has 1 aliphatic carbocycles. The molecule has 2 heterocycles. The first-order valence-electron chi connectivity index (χ1n) is 6.51. The minimum Gasteiger partial charge on any atom is -0.330 e. The minimum atomic E-state index is 0.621. The van der Waals surface area contributed by atoms with E-state index in [1.54, 1.807) is 6.20 Å². The van der Waals surface area contributed by atoms with E-state index in [2.05, 4.69) is 9.55 Å². The van der Waals surface area contributed by atoms with Gasteiger partial charge in [0.05, 0.1) is 5.02 Å². The van der Waals surface area contributed by atoms with Crippen molar-refractivity contribution in [3.05, 3.63) is 23.1 Å². The number of imidazole rings is 1. The molecule has 5 heteroatoms. The van der Waals surface area contributed by atoms with Crippen LogP contribution in [-0.4, -0.2) is 21.1 Å². The highest BCUT2D eigenvalue weighted by molar-refractivity contribution is 6.31. The van der Waals surface area contributed by atoms with Gasteiger partial charge in [0.2, 0.25) is 0 Å². The largest absolute Gasteiger partial charge is 0.330 e. The van der Waals surface area contributed by atoms with Gasteiger partial charge in [-0.2, -0.15) is 0 Å². The number of nitrogens with two attached hydrogens (primary N) is 1. The summed E-state index contributed by atoms with van der Waals surface area (Å²) in [5.74, 6) is 1.80. The van der Waals surface area contributed by atoms with Crippen LogP contribution in [0.3, 0.4) is 0 Å². The van der Waals surface area contributed by atoms with Crippen LogP contribution < -0.4 is 5.73 Å². The molecule has 0 spiro atoms. The van der Waals surface area contributed by atoms with Crippen molar-refractivity contribution in [2.75, 3.05) is 6.54 Å². The number of aryl methyl sites for hydroxylation is 1. The second kappa shape index (κ2) is 4.86. The second-order valence-electron chi connectivity index (χ2n) is 4.89. The maximum absolute atomic E-state index is 5.97. The molecule has 1 aliphatic rings. The average Bonchev–Trinajstić information content (AvgIpc) is 3.13. The zero-order valence-corrected chi connectivity index (χ0v) is 11.0. The molecule has 0 bridgehead atoms. The summed E-state index contributed by atoms with van der Waals surface area (Å²) in [6, 6.07) is 1.90. The zero-order valence-electron chi connectivity index (χ0n) is 10.3. The third-order valence-corrected chi connectivity index (χ3v) is 3.57. The molecule has 96 valence electrons. The number of aromatic nitrogens is 3. The molecule has 0 amide bonds. The van der Waals surface area contributed by atoms with Gasteiger partial charge in [-0.3, -0.25) is 0 Å². The minimum absolute atomic E-state index is 0.621. The van der Waals surface area contributed by atoms with E-state index in [9.17, 15) is 0 Å². The molecular formula is C13H17ClN4.